The van der Waals surface area contributed by atoms with Gasteiger partial charge in [-0.2, -0.15) is 5.26 Å². The number of benzene rings is 1. The van der Waals surface area contributed by atoms with Gasteiger partial charge in [-0.05, 0) is 24.1 Å². The molecule has 20 heavy (non-hydrogen) atoms. The molecule has 0 aliphatic carbocycles. The topological polar surface area (TPSA) is 90.3 Å². The summed E-state index contributed by atoms with van der Waals surface area (Å²) in [5.74, 6) is -2.28. The second kappa shape index (κ2) is 5.13. The molecule has 1 fully saturated rings. The van der Waals surface area contributed by atoms with E-state index in [0.29, 0.717) is 5.56 Å². The Balaban J connectivity index is 2.44. The van der Waals surface area contributed by atoms with E-state index < -0.39 is 23.8 Å². The maximum absolute atomic E-state index is 12.3. The lowest BCUT2D eigenvalue weighted by molar-refractivity contribution is -0.136. The summed E-state index contributed by atoms with van der Waals surface area (Å²) in [6, 6.07) is 7.29. The molecule has 1 aliphatic heterocycles. The molecule has 1 aromatic carbocycles. The molecule has 0 radical (unpaired) electrons. The summed E-state index contributed by atoms with van der Waals surface area (Å²) in [7, 11) is 0. The molecule has 1 aromatic rings. The number of hydrogen-bond acceptors (Lipinski definition) is 4. The molecule has 1 unspecified atom stereocenters. The molecule has 0 saturated carbocycles. The van der Waals surface area contributed by atoms with Crippen LogP contribution in [0.4, 0.5) is 10.5 Å². The monoisotopic (exact) mass is 271 g/mol. The van der Waals surface area contributed by atoms with Crippen molar-refractivity contribution in [1.82, 2.24) is 5.32 Å². The SMILES string of the molecule is CC(C)C1C(=O)NC(=O)N(c2cccc(C#N)c2)C1=O. The zero-order valence-electron chi connectivity index (χ0n) is 11.1. The average Bonchev–Trinajstić information content (AvgIpc) is 2.37. The van der Waals surface area contributed by atoms with Crippen LogP contribution in [0.3, 0.4) is 0 Å². The first-order chi connectivity index (χ1) is 9.45. The summed E-state index contributed by atoms with van der Waals surface area (Å²) >= 11 is 0. The van der Waals surface area contributed by atoms with Crippen molar-refractivity contribution in [2.75, 3.05) is 4.90 Å². The molecule has 1 atom stereocenters. The van der Waals surface area contributed by atoms with Crippen LogP contribution in [-0.2, 0) is 9.59 Å². The highest BCUT2D eigenvalue weighted by atomic mass is 16.2. The third-order valence-corrected chi connectivity index (χ3v) is 3.10. The van der Waals surface area contributed by atoms with Crippen LogP contribution < -0.4 is 10.2 Å². The van der Waals surface area contributed by atoms with Crippen LogP contribution in [0.2, 0.25) is 0 Å². The van der Waals surface area contributed by atoms with E-state index in [1.807, 2.05) is 6.07 Å². The van der Waals surface area contributed by atoms with E-state index in [-0.39, 0.29) is 11.6 Å². The maximum atomic E-state index is 12.3. The number of carbonyl (C=O) groups is 3. The number of rotatable bonds is 2. The van der Waals surface area contributed by atoms with Gasteiger partial charge in [-0.1, -0.05) is 19.9 Å². The van der Waals surface area contributed by atoms with Gasteiger partial charge in [0.25, 0.3) is 0 Å². The second-order valence-electron chi connectivity index (χ2n) is 4.85. The maximum Gasteiger partial charge on any atom is 0.335 e. The van der Waals surface area contributed by atoms with Crippen LogP contribution in [0.15, 0.2) is 24.3 Å². The highest BCUT2D eigenvalue weighted by Crippen LogP contribution is 2.25. The summed E-state index contributed by atoms with van der Waals surface area (Å²) < 4.78 is 0. The Hall–Kier alpha value is -2.68. The fourth-order valence-corrected chi connectivity index (χ4v) is 2.14. The van der Waals surface area contributed by atoms with Crippen molar-refractivity contribution < 1.29 is 14.4 Å². The number of barbiturate groups is 1. The fourth-order valence-electron chi connectivity index (χ4n) is 2.14. The zero-order valence-corrected chi connectivity index (χ0v) is 11.1. The molecular weight excluding hydrogens is 258 g/mol. The van der Waals surface area contributed by atoms with E-state index in [2.05, 4.69) is 5.32 Å². The normalized spacial score (nSPS) is 19.0. The lowest BCUT2D eigenvalue weighted by atomic mass is 9.92. The minimum Gasteiger partial charge on any atom is -0.277 e. The molecule has 0 spiro atoms. The number of nitriles is 1. The largest absolute Gasteiger partial charge is 0.335 e. The van der Waals surface area contributed by atoms with Crippen LogP contribution >= 0.6 is 0 Å². The van der Waals surface area contributed by atoms with Crippen molar-refractivity contribution in [1.29, 1.82) is 5.26 Å². The first kappa shape index (κ1) is 13.7. The van der Waals surface area contributed by atoms with Gasteiger partial charge in [-0.3, -0.25) is 14.9 Å². The molecule has 6 heteroatoms. The summed E-state index contributed by atoms with van der Waals surface area (Å²) in [6.45, 7) is 3.48. The zero-order chi connectivity index (χ0) is 14.9. The minimum absolute atomic E-state index is 0.225. The van der Waals surface area contributed by atoms with Gasteiger partial charge in [0.2, 0.25) is 11.8 Å². The second-order valence-corrected chi connectivity index (χ2v) is 4.85. The van der Waals surface area contributed by atoms with Crippen molar-refractivity contribution in [2.45, 2.75) is 13.8 Å². The van der Waals surface area contributed by atoms with Crippen LogP contribution in [0.5, 0.6) is 0 Å². The number of nitrogens with one attached hydrogen (secondary N) is 1. The predicted molar refractivity (Wildman–Crippen MR) is 70.5 cm³/mol. The van der Waals surface area contributed by atoms with E-state index >= 15 is 0 Å². The summed E-state index contributed by atoms with van der Waals surface area (Å²) in [5.41, 5.74) is 0.616. The lowest BCUT2D eigenvalue weighted by Gasteiger charge is -2.31. The van der Waals surface area contributed by atoms with Crippen molar-refractivity contribution >= 4 is 23.5 Å². The highest BCUT2D eigenvalue weighted by Gasteiger charge is 2.42. The Morgan fingerprint density at radius 3 is 2.60 bits per heavy atom. The highest BCUT2D eigenvalue weighted by molar-refractivity contribution is 6.27. The molecule has 2 rings (SSSR count). The first-order valence-corrected chi connectivity index (χ1v) is 6.14. The van der Waals surface area contributed by atoms with Crippen LogP contribution in [0.1, 0.15) is 19.4 Å². The number of amides is 4. The lowest BCUT2D eigenvalue weighted by Crippen LogP contribution is -2.59. The minimum atomic E-state index is -0.904. The summed E-state index contributed by atoms with van der Waals surface area (Å²) in [4.78, 5) is 36.9. The molecule has 1 N–H and O–H groups in total. The molecule has 4 amide bonds. The number of carbonyl (C=O) groups excluding carboxylic acids is 3. The Bertz CT molecular complexity index is 631. The van der Waals surface area contributed by atoms with Gasteiger partial charge in [0.1, 0.15) is 5.92 Å². The van der Waals surface area contributed by atoms with Gasteiger partial charge in [-0.25, -0.2) is 9.69 Å². The van der Waals surface area contributed by atoms with Gasteiger partial charge < -0.3 is 0 Å². The van der Waals surface area contributed by atoms with E-state index in [9.17, 15) is 14.4 Å². The Labute approximate surface area is 116 Å². The van der Waals surface area contributed by atoms with Crippen LogP contribution in [0, 0.1) is 23.2 Å². The number of urea groups is 1. The Morgan fingerprint density at radius 2 is 2.00 bits per heavy atom. The average molecular weight is 271 g/mol. The summed E-state index contributed by atoms with van der Waals surface area (Å²) in [5, 5.41) is 11.0. The van der Waals surface area contributed by atoms with Crippen molar-refractivity contribution in [3.63, 3.8) is 0 Å². The number of hydrogen-bond donors (Lipinski definition) is 1. The molecule has 1 heterocycles. The number of anilines is 1. The van der Waals surface area contributed by atoms with Gasteiger partial charge >= 0.3 is 6.03 Å². The fraction of sp³-hybridized carbons (Fsp3) is 0.286. The Morgan fingerprint density at radius 1 is 1.30 bits per heavy atom. The van der Waals surface area contributed by atoms with Gasteiger partial charge in [0.15, 0.2) is 0 Å². The van der Waals surface area contributed by atoms with E-state index in [1.165, 1.54) is 6.07 Å². The molecule has 0 aromatic heterocycles. The van der Waals surface area contributed by atoms with Crippen molar-refractivity contribution in [2.24, 2.45) is 11.8 Å². The molecule has 102 valence electrons. The first-order valence-electron chi connectivity index (χ1n) is 6.14. The van der Waals surface area contributed by atoms with E-state index in [4.69, 9.17) is 5.26 Å². The molecule has 1 saturated heterocycles. The molecule has 1 aliphatic rings. The van der Waals surface area contributed by atoms with Crippen LogP contribution in [-0.4, -0.2) is 17.8 Å². The van der Waals surface area contributed by atoms with E-state index in [1.54, 1.807) is 32.0 Å². The number of imide groups is 2. The van der Waals surface area contributed by atoms with Gasteiger partial charge in [0, 0.05) is 0 Å². The van der Waals surface area contributed by atoms with Crippen molar-refractivity contribution in [3.05, 3.63) is 29.8 Å². The molecule has 0 bridgehead atoms. The van der Waals surface area contributed by atoms with Gasteiger partial charge in [0.05, 0.1) is 17.3 Å². The molecule has 6 nitrogen and oxygen atoms in total. The smallest absolute Gasteiger partial charge is 0.277 e. The number of nitrogens with zero attached hydrogens (tertiary/aromatic N) is 2. The quantitative estimate of drug-likeness (QED) is 0.823. The predicted octanol–water partition coefficient (Wildman–Crippen LogP) is 1.41. The molecular formula is C14H13N3O3. The summed E-state index contributed by atoms with van der Waals surface area (Å²) in [6.07, 6.45) is 0. The Kier molecular flexibility index (Phi) is 3.53. The van der Waals surface area contributed by atoms with Gasteiger partial charge in [-0.15, -0.1) is 0 Å². The third-order valence-electron chi connectivity index (χ3n) is 3.10. The standard InChI is InChI=1S/C14H13N3O3/c1-8(2)11-12(18)16-14(20)17(13(11)19)10-5-3-4-9(6-10)7-15/h3-6,8,11H,1-2H3,(H,16,18,20). The van der Waals surface area contributed by atoms with E-state index in [0.717, 1.165) is 4.90 Å². The van der Waals surface area contributed by atoms with Crippen molar-refractivity contribution in [3.8, 4) is 6.07 Å². The third kappa shape index (κ3) is 2.26. The van der Waals surface area contributed by atoms with Crippen LogP contribution in [0.25, 0.3) is 0 Å².